The fourth-order valence-corrected chi connectivity index (χ4v) is 2.12. The van der Waals surface area contributed by atoms with Crippen molar-refractivity contribution >= 4 is 17.4 Å². The molecule has 0 saturated carbocycles. The fourth-order valence-electron chi connectivity index (χ4n) is 1.21. The second-order valence-corrected chi connectivity index (χ2v) is 4.11. The first-order valence-corrected chi connectivity index (χ1v) is 5.13. The monoisotopic (exact) mass is 202 g/mol. The molecule has 0 fully saturated rings. The van der Waals surface area contributed by atoms with Gasteiger partial charge in [0, 0.05) is 22.8 Å². The molecule has 0 saturated heterocycles. The summed E-state index contributed by atoms with van der Waals surface area (Å²) in [6.07, 6.45) is 5.37. The molecule has 14 heavy (non-hydrogen) atoms. The Bertz CT molecular complexity index is 446. The Morgan fingerprint density at radius 1 is 1.50 bits per heavy atom. The van der Waals surface area contributed by atoms with Crippen molar-refractivity contribution in [2.24, 2.45) is 0 Å². The maximum Gasteiger partial charge on any atom is 0.125 e. The molecular weight excluding hydrogens is 192 g/mol. The lowest BCUT2D eigenvalue weighted by atomic mass is 10.3. The van der Waals surface area contributed by atoms with Gasteiger partial charge in [-0.05, 0) is 25.1 Å². The average Bonchev–Trinajstić information content (AvgIpc) is 2.61. The van der Waals surface area contributed by atoms with E-state index in [1.165, 1.54) is 4.88 Å². The molecule has 0 aliphatic heterocycles. The Labute approximate surface area is 87.0 Å². The van der Waals surface area contributed by atoms with Crippen molar-refractivity contribution in [3.8, 4) is 10.6 Å². The van der Waals surface area contributed by atoms with Crippen molar-refractivity contribution in [3.63, 3.8) is 0 Å². The smallest absolute Gasteiger partial charge is 0.125 e. The summed E-state index contributed by atoms with van der Waals surface area (Å²) < 4.78 is 0. The van der Waals surface area contributed by atoms with Crippen LogP contribution in [-0.2, 0) is 0 Å². The molecule has 0 amide bonds. The highest BCUT2D eigenvalue weighted by molar-refractivity contribution is 7.15. The van der Waals surface area contributed by atoms with Crippen LogP contribution in [0, 0.1) is 6.92 Å². The summed E-state index contributed by atoms with van der Waals surface area (Å²) in [5.74, 6) is 0. The van der Waals surface area contributed by atoms with Crippen molar-refractivity contribution in [3.05, 3.63) is 41.7 Å². The van der Waals surface area contributed by atoms with Crippen LogP contribution >= 0.6 is 11.3 Å². The van der Waals surface area contributed by atoms with Crippen LogP contribution in [0.2, 0.25) is 0 Å². The molecule has 3 heteroatoms. The predicted octanol–water partition coefficient (Wildman–Crippen LogP) is 3.16. The third kappa shape index (κ3) is 1.59. The van der Waals surface area contributed by atoms with E-state index in [9.17, 15) is 0 Å². The van der Waals surface area contributed by atoms with Crippen LogP contribution in [0.15, 0.2) is 31.1 Å². The molecule has 0 aliphatic carbocycles. The molecule has 0 atom stereocenters. The van der Waals surface area contributed by atoms with Crippen molar-refractivity contribution < 1.29 is 0 Å². The van der Waals surface area contributed by atoms with Gasteiger partial charge in [-0.1, -0.05) is 6.58 Å². The van der Waals surface area contributed by atoms with Gasteiger partial charge in [0.1, 0.15) is 5.01 Å². The Morgan fingerprint density at radius 2 is 2.36 bits per heavy atom. The minimum Gasteiger partial charge on any atom is -0.264 e. The van der Waals surface area contributed by atoms with Gasteiger partial charge in [-0.25, -0.2) is 4.98 Å². The maximum atomic E-state index is 4.46. The Morgan fingerprint density at radius 3 is 2.93 bits per heavy atom. The zero-order valence-corrected chi connectivity index (χ0v) is 8.71. The van der Waals surface area contributed by atoms with Crippen molar-refractivity contribution in [2.45, 2.75) is 6.92 Å². The molecule has 2 nitrogen and oxygen atoms in total. The highest BCUT2D eigenvalue weighted by Gasteiger charge is 2.06. The Hall–Kier alpha value is -1.48. The summed E-state index contributed by atoms with van der Waals surface area (Å²) >= 11 is 1.67. The van der Waals surface area contributed by atoms with E-state index in [-0.39, 0.29) is 0 Å². The number of hydrogen-bond donors (Lipinski definition) is 0. The third-order valence-electron chi connectivity index (χ3n) is 1.93. The molecule has 2 rings (SSSR count). The molecule has 0 N–H and O–H groups in total. The van der Waals surface area contributed by atoms with Gasteiger partial charge < -0.3 is 0 Å². The summed E-state index contributed by atoms with van der Waals surface area (Å²) in [6.45, 7) is 5.78. The number of aryl methyl sites for hydroxylation is 1. The SMILES string of the molecule is C=Cc1nc(-c2cccnc2)sc1C. The van der Waals surface area contributed by atoms with Crippen LogP contribution < -0.4 is 0 Å². The van der Waals surface area contributed by atoms with E-state index < -0.39 is 0 Å². The van der Waals surface area contributed by atoms with Crippen LogP contribution in [0.4, 0.5) is 0 Å². The Balaban J connectivity index is 2.48. The molecule has 2 aromatic heterocycles. The first-order chi connectivity index (χ1) is 6.81. The third-order valence-corrected chi connectivity index (χ3v) is 2.97. The van der Waals surface area contributed by atoms with Crippen LogP contribution in [0.25, 0.3) is 16.6 Å². The number of thiazole rings is 1. The summed E-state index contributed by atoms with van der Waals surface area (Å²) in [7, 11) is 0. The maximum absolute atomic E-state index is 4.46. The van der Waals surface area contributed by atoms with E-state index in [4.69, 9.17) is 0 Å². The van der Waals surface area contributed by atoms with E-state index in [1.54, 1.807) is 23.6 Å². The first-order valence-electron chi connectivity index (χ1n) is 4.31. The van der Waals surface area contributed by atoms with Gasteiger partial charge in [0.2, 0.25) is 0 Å². The fraction of sp³-hybridized carbons (Fsp3) is 0.0909. The van der Waals surface area contributed by atoms with E-state index >= 15 is 0 Å². The number of hydrogen-bond acceptors (Lipinski definition) is 3. The average molecular weight is 202 g/mol. The molecule has 2 aromatic rings. The van der Waals surface area contributed by atoms with E-state index in [0.717, 1.165) is 16.3 Å². The predicted molar refractivity (Wildman–Crippen MR) is 60.2 cm³/mol. The van der Waals surface area contributed by atoms with Gasteiger partial charge in [-0.2, -0.15) is 0 Å². The molecule has 0 bridgehead atoms. The molecule has 0 spiro atoms. The lowest BCUT2D eigenvalue weighted by Crippen LogP contribution is -1.78. The van der Waals surface area contributed by atoms with Gasteiger partial charge in [-0.3, -0.25) is 4.98 Å². The summed E-state index contributed by atoms with van der Waals surface area (Å²) in [4.78, 5) is 9.72. The summed E-state index contributed by atoms with van der Waals surface area (Å²) in [6, 6.07) is 3.93. The molecular formula is C11H10N2S. The van der Waals surface area contributed by atoms with Gasteiger partial charge in [0.15, 0.2) is 0 Å². The van der Waals surface area contributed by atoms with E-state index in [2.05, 4.69) is 23.5 Å². The lowest BCUT2D eigenvalue weighted by molar-refractivity contribution is 1.30. The second-order valence-electron chi connectivity index (χ2n) is 2.91. The van der Waals surface area contributed by atoms with Crippen LogP contribution in [-0.4, -0.2) is 9.97 Å². The first kappa shape index (κ1) is 9.09. The minimum atomic E-state index is 0.967. The van der Waals surface area contributed by atoms with Gasteiger partial charge >= 0.3 is 0 Å². The van der Waals surface area contributed by atoms with E-state index in [1.807, 2.05) is 18.3 Å². The second kappa shape index (κ2) is 3.72. The van der Waals surface area contributed by atoms with Crippen LogP contribution in [0.1, 0.15) is 10.6 Å². The number of pyridine rings is 1. The van der Waals surface area contributed by atoms with Crippen molar-refractivity contribution in [1.29, 1.82) is 0 Å². The van der Waals surface area contributed by atoms with Gasteiger partial charge in [0.25, 0.3) is 0 Å². The van der Waals surface area contributed by atoms with Crippen LogP contribution in [0.5, 0.6) is 0 Å². The lowest BCUT2D eigenvalue weighted by Gasteiger charge is -1.91. The topological polar surface area (TPSA) is 25.8 Å². The van der Waals surface area contributed by atoms with Crippen LogP contribution in [0.3, 0.4) is 0 Å². The van der Waals surface area contributed by atoms with E-state index in [0.29, 0.717) is 0 Å². The molecule has 0 aliphatic rings. The molecule has 2 heterocycles. The summed E-state index contributed by atoms with van der Waals surface area (Å²) in [5.41, 5.74) is 2.03. The normalized spacial score (nSPS) is 10.1. The zero-order chi connectivity index (χ0) is 9.97. The largest absolute Gasteiger partial charge is 0.264 e. The molecule has 0 unspecified atom stereocenters. The quantitative estimate of drug-likeness (QED) is 0.747. The molecule has 0 aromatic carbocycles. The van der Waals surface area contributed by atoms with Gasteiger partial charge in [0.05, 0.1) is 5.69 Å². The Kier molecular flexibility index (Phi) is 2.41. The number of aromatic nitrogens is 2. The highest BCUT2D eigenvalue weighted by atomic mass is 32.1. The minimum absolute atomic E-state index is 0.967. The standard InChI is InChI=1S/C11H10N2S/c1-3-10-8(2)14-11(13-10)9-5-4-6-12-7-9/h3-7H,1H2,2H3. The number of rotatable bonds is 2. The van der Waals surface area contributed by atoms with Gasteiger partial charge in [-0.15, -0.1) is 11.3 Å². The van der Waals surface area contributed by atoms with Crippen molar-refractivity contribution in [1.82, 2.24) is 9.97 Å². The number of nitrogens with zero attached hydrogens (tertiary/aromatic N) is 2. The molecule has 70 valence electrons. The summed E-state index contributed by atoms with van der Waals surface area (Å²) in [5, 5.41) is 1.01. The molecule has 0 radical (unpaired) electrons. The highest BCUT2D eigenvalue weighted by Crippen LogP contribution is 2.27. The zero-order valence-electron chi connectivity index (χ0n) is 7.90. The van der Waals surface area contributed by atoms with Crippen molar-refractivity contribution in [2.75, 3.05) is 0 Å².